The van der Waals surface area contributed by atoms with E-state index in [1.54, 1.807) is 0 Å². The van der Waals surface area contributed by atoms with E-state index in [1.807, 2.05) is 0 Å². The Morgan fingerprint density at radius 3 is 2.56 bits per heavy atom. The number of amides is 2. The summed E-state index contributed by atoms with van der Waals surface area (Å²) in [6.07, 6.45) is 0. The molecule has 25 heavy (non-hydrogen) atoms. The average Bonchev–Trinajstić information content (AvgIpc) is 2.47. The van der Waals surface area contributed by atoms with Crippen molar-refractivity contribution < 1.29 is 42.0 Å². The maximum atomic E-state index is 12.2. The fourth-order valence-corrected chi connectivity index (χ4v) is 4.11. The third-order valence-corrected chi connectivity index (χ3v) is 5.30. The number of rotatable bonds is 6. The van der Waals surface area contributed by atoms with Gasteiger partial charge in [0.05, 0.1) is 0 Å². The van der Waals surface area contributed by atoms with Gasteiger partial charge in [0.15, 0.2) is 5.75 Å². The number of fused-ring (bicyclic) bond motifs is 1. The number of ether oxygens (including phenoxy) is 1. The number of hydrogen-bond acceptors (Lipinski definition) is 8. The highest BCUT2D eigenvalue weighted by atomic mass is 32.2. The van der Waals surface area contributed by atoms with Crippen LogP contribution in [0.1, 0.15) is 6.92 Å². The molecule has 3 N–H and O–H groups in total. The lowest BCUT2D eigenvalue weighted by atomic mass is 10.0. The summed E-state index contributed by atoms with van der Waals surface area (Å²) in [6.45, 7) is 0.885. The van der Waals surface area contributed by atoms with Gasteiger partial charge in [0.25, 0.3) is 16.0 Å². The monoisotopic (exact) mass is 394 g/mol. The number of carboxylic acid groups (broad SMARTS) is 1. The molecule has 1 saturated heterocycles. The standard InChI is InChI=1S/C12H14N2O9S2/c1-5(15)23-2-6-3-24-11-8(13-7(16)4-25(20,21)22)10(17)14(11)9(6)12(18)19/h8,11H,2-4H2,1H3,(H,13,16)(H,18,19)(H,20,21,22)/t8-,11-/m1/s1. The smallest absolute Gasteiger partial charge is 0.352 e. The molecule has 0 bridgehead atoms. The van der Waals surface area contributed by atoms with Crippen LogP contribution in [0.15, 0.2) is 11.3 Å². The van der Waals surface area contributed by atoms with Crippen molar-refractivity contribution >= 4 is 45.6 Å². The molecule has 0 spiro atoms. The molecule has 2 atom stereocenters. The van der Waals surface area contributed by atoms with E-state index in [0.717, 1.165) is 23.6 Å². The minimum atomic E-state index is -4.54. The van der Waals surface area contributed by atoms with Gasteiger partial charge in [-0.2, -0.15) is 8.42 Å². The van der Waals surface area contributed by atoms with Crippen LogP contribution in [0.25, 0.3) is 0 Å². The van der Waals surface area contributed by atoms with Crippen LogP contribution in [0.5, 0.6) is 0 Å². The fourth-order valence-electron chi connectivity index (χ4n) is 2.36. The molecule has 2 amide bonds. The minimum absolute atomic E-state index is 0.147. The van der Waals surface area contributed by atoms with Gasteiger partial charge in [-0.1, -0.05) is 0 Å². The number of esters is 1. The third kappa shape index (κ3) is 4.29. The van der Waals surface area contributed by atoms with Crippen LogP contribution in [0, 0.1) is 0 Å². The van der Waals surface area contributed by atoms with Crippen molar-refractivity contribution in [2.75, 3.05) is 18.1 Å². The topological polar surface area (TPSA) is 167 Å². The highest BCUT2D eigenvalue weighted by Gasteiger charge is 2.54. The molecule has 2 heterocycles. The number of thioether (sulfide) groups is 1. The van der Waals surface area contributed by atoms with E-state index in [9.17, 15) is 32.7 Å². The Morgan fingerprint density at radius 2 is 2.04 bits per heavy atom. The summed E-state index contributed by atoms with van der Waals surface area (Å²) >= 11 is 1.13. The number of carboxylic acids is 1. The lowest BCUT2D eigenvalue weighted by Crippen LogP contribution is -2.71. The second-order valence-corrected chi connectivity index (χ2v) is 7.78. The summed E-state index contributed by atoms with van der Waals surface area (Å²) in [4.78, 5) is 47.0. The number of nitrogens with zero attached hydrogens (tertiary/aromatic N) is 1. The van der Waals surface area contributed by atoms with Gasteiger partial charge >= 0.3 is 11.9 Å². The molecule has 138 valence electrons. The largest absolute Gasteiger partial charge is 0.477 e. The van der Waals surface area contributed by atoms with Crippen molar-refractivity contribution in [1.82, 2.24) is 10.2 Å². The van der Waals surface area contributed by atoms with Crippen LogP contribution in [-0.2, 0) is 34.0 Å². The zero-order valence-corrected chi connectivity index (χ0v) is 14.4. The lowest BCUT2D eigenvalue weighted by molar-refractivity contribution is -0.150. The molecule has 2 rings (SSSR count). The van der Waals surface area contributed by atoms with Crippen LogP contribution < -0.4 is 5.32 Å². The van der Waals surface area contributed by atoms with Gasteiger partial charge in [-0.05, 0) is 0 Å². The molecule has 13 heteroatoms. The van der Waals surface area contributed by atoms with Gasteiger partial charge in [-0.25, -0.2) is 4.79 Å². The van der Waals surface area contributed by atoms with Crippen molar-refractivity contribution in [2.45, 2.75) is 18.3 Å². The molecule has 0 saturated carbocycles. The second kappa shape index (κ2) is 7.01. The molecule has 1 fully saturated rings. The number of aliphatic carboxylic acids is 1. The van der Waals surface area contributed by atoms with E-state index < -0.39 is 51.0 Å². The second-order valence-electron chi connectivity index (χ2n) is 5.22. The number of β-lactam (4-membered cyclic amide) rings is 1. The Kier molecular flexibility index (Phi) is 5.39. The van der Waals surface area contributed by atoms with E-state index in [4.69, 9.17) is 9.29 Å². The van der Waals surface area contributed by atoms with Crippen molar-refractivity contribution in [2.24, 2.45) is 0 Å². The zero-order valence-electron chi connectivity index (χ0n) is 12.8. The molecule has 0 aliphatic carbocycles. The summed E-state index contributed by atoms with van der Waals surface area (Å²) in [5, 5.41) is 10.8. The first-order valence-corrected chi connectivity index (χ1v) is 9.45. The molecule has 0 aromatic heterocycles. The van der Waals surface area contributed by atoms with Crippen LogP contribution in [0.4, 0.5) is 0 Å². The van der Waals surface area contributed by atoms with Crippen molar-refractivity contribution in [3.05, 3.63) is 11.3 Å². The first-order valence-electron chi connectivity index (χ1n) is 6.79. The van der Waals surface area contributed by atoms with E-state index in [-0.39, 0.29) is 23.6 Å². The maximum absolute atomic E-state index is 12.2. The van der Waals surface area contributed by atoms with Gasteiger partial charge in [0.2, 0.25) is 5.91 Å². The van der Waals surface area contributed by atoms with Crippen LogP contribution in [-0.4, -0.2) is 76.3 Å². The molecule has 0 unspecified atom stereocenters. The Morgan fingerprint density at radius 1 is 1.40 bits per heavy atom. The van der Waals surface area contributed by atoms with Crippen LogP contribution in [0.3, 0.4) is 0 Å². The normalized spacial score (nSPS) is 22.8. The summed E-state index contributed by atoms with van der Waals surface area (Å²) in [6, 6.07) is -1.11. The van der Waals surface area contributed by atoms with Crippen molar-refractivity contribution in [3.63, 3.8) is 0 Å². The number of carbonyl (C=O) groups excluding carboxylic acids is 3. The van der Waals surface area contributed by atoms with E-state index in [0.29, 0.717) is 0 Å². The Balaban J connectivity index is 2.14. The van der Waals surface area contributed by atoms with Gasteiger partial charge in [0, 0.05) is 18.2 Å². The van der Waals surface area contributed by atoms with E-state index in [2.05, 4.69) is 5.32 Å². The van der Waals surface area contributed by atoms with E-state index in [1.165, 1.54) is 0 Å². The Bertz CT molecular complexity index is 773. The molecule has 0 aromatic carbocycles. The van der Waals surface area contributed by atoms with Crippen LogP contribution >= 0.6 is 11.8 Å². The fraction of sp³-hybridized carbons (Fsp3) is 0.500. The quantitative estimate of drug-likeness (QED) is 0.265. The Hall–Kier alpha value is -2.12. The first-order chi connectivity index (χ1) is 11.5. The average molecular weight is 394 g/mol. The molecular formula is C12H14N2O9S2. The van der Waals surface area contributed by atoms with E-state index >= 15 is 0 Å². The Labute approximate surface area is 146 Å². The maximum Gasteiger partial charge on any atom is 0.352 e. The minimum Gasteiger partial charge on any atom is -0.477 e. The lowest BCUT2D eigenvalue weighted by Gasteiger charge is -2.49. The predicted molar refractivity (Wildman–Crippen MR) is 82.7 cm³/mol. The summed E-state index contributed by atoms with van der Waals surface area (Å²) in [5.74, 6) is -4.86. The summed E-state index contributed by atoms with van der Waals surface area (Å²) in [7, 11) is -4.54. The highest BCUT2D eigenvalue weighted by molar-refractivity contribution is 8.00. The zero-order chi connectivity index (χ0) is 18.9. The number of carbonyl (C=O) groups is 4. The van der Waals surface area contributed by atoms with Gasteiger partial charge < -0.3 is 15.2 Å². The van der Waals surface area contributed by atoms with Crippen molar-refractivity contribution in [3.8, 4) is 0 Å². The molecular weight excluding hydrogens is 380 g/mol. The number of nitrogens with one attached hydrogen (secondary N) is 1. The molecule has 2 aliphatic heterocycles. The predicted octanol–water partition coefficient (Wildman–Crippen LogP) is -1.82. The van der Waals surface area contributed by atoms with Crippen molar-refractivity contribution in [1.29, 1.82) is 0 Å². The van der Waals surface area contributed by atoms with Gasteiger partial charge in [-0.3, -0.25) is 23.8 Å². The highest BCUT2D eigenvalue weighted by Crippen LogP contribution is 2.40. The molecule has 0 aromatic rings. The molecule has 11 nitrogen and oxygen atoms in total. The number of hydrogen-bond donors (Lipinski definition) is 3. The molecule has 2 aliphatic rings. The van der Waals surface area contributed by atoms with Gasteiger partial charge in [-0.15, -0.1) is 11.8 Å². The van der Waals surface area contributed by atoms with Crippen LogP contribution in [0.2, 0.25) is 0 Å². The molecule has 0 radical (unpaired) electrons. The summed E-state index contributed by atoms with van der Waals surface area (Å²) in [5.41, 5.74) is -0.0877. The first kappa shape index (κ1) is 19.2. The SMILES string of the molecule is CC(=O)OCC1=C(C(=O)O)N2C(=O)[C@@H](NC(=O)CS(=O)(=O)O)[C@H]2SC1. The summed E-state index contributed by atoms with van der Waals surface area (Å²) < 4.78 is 34.7. The van der Waals surface area contributed by atoms with Gasteiger partial charge in [0.1, 0.15) is 23.7 Å². The third-order valence-electron chi connectivity index (χ3n) is 3.33.